The molecular weight excluding hydrogens is 102 g/mol. The summed E-state index contributed by atoms with van der Waals surface area (Å²) in [6.45, 7) is 2.00. The highest BCUT2D eigenvalue weighted by Gasteiger charge is 1.89. The van der Waals surface area contributed by atoms with Crippen molar-refractivity contribution in [1.82, 2.24) is 5.43 Å². The topological polar surface area (TPSA) is 36.8 Å². The van der Waals surface area contributed by atoms with Crippen LogP contribution in [0.25, 0.3) is 0 Å². The lowest BCUT2D eigenvalue weighted by molar-refractivity contribution is 0.947. The number of amidine groups is 1. The molecule has 0 aliphatic carbocycles. The molecule has 1 N–H and O–H groups in total. The molecule has 0 saturated heterocycles. The summed E-state index contributed by atoms with van der Waals surface area (Å²) in [5.41, 5.74) is 2.64. The Bertz CT molecular complexity index is 163. The highest BCUT2D eigenvalue weighted by atomic mass is 15.3. The lowest BCUT2D eigenvalue weighted by atomic mass is 10.4. The van der Waals surface area contributed by atoms with Crippen molar-refractivity contribution in [3.8, 4) is 0 Å². The van der Waals surface area contributed by atoms with Crippen molar-refractivity contribution in [2.24, 2.45) is 10.1 Å². The smallest absolute Gasteiger partial charge is 0.158 e. The zero-order valence-corrected chi connectivity index (χ0v) is 4.68. The summed E-state index contributed by atoms with van der Waals surface area (Å²) in [4.78, 5) is 3.83. The summed E-state index contributed by atoms with van der Waals surface area (Å²) in [5, 5.41) is 3.83. The molecular formula is C5H7N3. The van der Waals surface area contributed by atoms with Crippen molar-refractivity contribution in [1.29, 1.82) is 0 Å². The number of rotatable bonds is 1. The molecule has 0 aromatic rings. The number of hydrogen-bond acceptors (Lipinski definition) is 3. The Morgan fingerprint density at radius 1 is 1.88 bits per heavy atom. The van der Waals surface area contributed by atoms with E-state index in [1.165, 1.54) is 0 Å². The summed E-state index contributed by atoms with van der Waals surface area (Å²) < 4.78 is 0. The molecule has 1 rings (SSSR count). The van der Waals surface area contributed by atoms with Gasteiger partial charge in [0.05, 0.1) is 6.20 Å². The van der Waals surface area contributed by atoms with E-state index in [9.17, 15) is 0 Å². The molecule has 0 fully saturated rings. The maximum atomic E-state index is 3.83. The van der Waals surface area contributed by atoms with Gasteiger partial charge in [-0.25, -0.2) is 0 Å². The van der Waals surface area contributed by atoms with E-state index < -0.39 is 0 Å². The van der Waals surface area contributed by atoms with E-state index in [0.29, 0.717) is 0 Å². The summed E-state index contributed by atoms with van der Waals surface area (Å²) in [5.74, 6) is 3.44. The van der Waals surface area contributed by atoms with Gasteiger partial charge in [-0.05, 0) is 0 Å². The molecule has 3 nitrogen and oxygen atoms in total. The second-order valence-corrected chi connectivity index (χ2v) is 1.40. The van der Waals surface area contributed by atoms with Crippen LogP contribution in [0.1, 0.15) is 13.3 Å². The van der Waals surface area contributed by atoms with Crippen LogP contribution in [0.3, 0.4) is 0 Å². The highest BCUT2D eigenvalue weighted by Crippen LogP contribution is 1.86. The average Bonchev–Trinajstić information content (AvgIpc) is 1.90. The number of hydrogen-bond donors (Lipinski definition) is 1. The molecule has 0 saturated carbocycles. The van der Waals surface area contributed by atoms with Crippen LogP contribution in [-0.2, 0) is 0 Å². The van der Waals surface area contributed by atoms with Gasteiger partial charge in [-0.15, -0.1) is 0 Å². The number of aliphatic imine (C=N–C) groups is 1. The van der Waals surface area contributed by atoms with Crippen LogP contribution < -0.4 is 5.43 Å². The van der Waals surface area contributed by atoms with Gasteiger partial charge in [-0.2, -0.15) is 10.1 Å². The largest absolute Gasteiger partial charge is 0.275 e. The first-order valence-corrected chi connectivity index (χ1v) is 2.53. The van der Waals surface area contributed by atoms with Crippen molar-refractivity contribution in [2.45, 2.75) is 13.3 Å². The Morgan fingerprint density at radius 2 is 2.75 bits per heavy atom. The predicted molar refractivity (Wildman–Crippen MR) is 32.9 cm³/mol. The van der Waals surface area contributed by atoms with E-state index in [-0.39, 0.29) is 0 Å². The van der Waals surface area contributed by atoms with Gasteiger partial charge < -0.3 is 0 Å². The third-order valence-corrected chi connectivity index (χ3v) is 0.833. The molecule has 1 aliphatic heterocycles. The first-order chi connectivity index (χ1) is 3.93. The molecule has 3 heteroatoms. The molecule has 1 heterocycles. The van der Waals surface area contributed by atoms with Gasteiger partial charge in [0.2, 0.25) is 0 Å². The maximum absolute atomic E-state index is 3.83. The lowest BCUT2D eigenvalue weighted by Gasteiger charge is -1.95. The van der Waals surface area contributed by atoms with Gasteiger partial charge in [-0.3, -0.25) is 5.43 Å². The van der Waals surface area contributed by atoms with Crippen LogP contribution >= 0.6 is 0 Å². The number of hydrazone groups is 1. The van der Waals surface area contributed by atoms with E-state index in [4.69, 9.17) is 0 Å². The maximum Gasteiger partial charge on any atom is 0.158 e. The van der Waals surface area contributed by atoms with Crippen molar-refractivity contribution in [2.75, 3.05) is 0 Å². The van der Waals surface area contributed by atoms with Crippen molar-refractivity contribution >= 4 is 11.7 Å². The molecule has 0 radical (unpaired) electrons. The van der Waals surface area contributed by atoms with Crippen LogP contribution in [-0.4, -0.2) is 11.7 Å². The monoisotopic (exact) mass is 109 g/mol. The van der Waals surface area contributed by atoms with Crippen LogP contribution in [0, 0.1) is 0 Å². The Morgan fingerprint density at radius 3 is 3.12 bits per heavy atom. The first kappa shape index (κ1) is 5.06. The minimum absolute atomic E-state index is 0.799. The molecule has 0 aromatic carbocycles. The van der Waals surface area contributed by atoms with Crippen LogP contribution in [0.4, 0.5) is 0 Å². The minimum atomic E-state index is 0.799. The fourth-order valence-electron chi connectivity index (χ4n) is 0.426. The van der Waals surface area contributed by atoms with Crippen molar-refractivity contribution in [3.05, 3.63) is 6.20 Å². The summed E-state index contributed by atoms with van der Waals surface area (Å²) in [6.07, 6.45) is 2.42. The van der Waals surface area contributed by atoms with Crippen molar-refractivity contribution in [3.63, 3.8) is 0 Å². The highest BCUT2D eigenvalue weighted by molar-refractivity contribution is 5.89. The van der Waals surface area contributed by atoms with Gasteiger partial charge in [0.1, 0.15) is 0 Å². The Kier molecular flexibility index (Phi) is 1.45. The standard InChI is InChI=1S/C5H7N3/c1-2-5-6-3-4-7-8-5/h4,7H,2H2,1H3. The van der Waals surface area contributed by atoms with Crippen molar-refractivity contribution < 1.29 is 0 Å². The predicted octanol–water partition coefficient (Wildman–Crippen LogP) is 0.496. The van der Waals surface area contributed by atoms with Gasteiger partial charge in [-0.1, -0.05) is 6.92 Å². The fourth-order valence-corrected chi connectivity index (χ4v) is 0.426. The SMILES string of the molecule is CCC1=NNC=C=N1. The summed E-state index contributed by atoms with van der Waals surface area (Å²) in [6, 6.07) is 0. The molecule has 8 heavy (non-hydrogen) atoms. The summed E-state index contributed by atoms with van der Waals surface area (Å²) >= 11 is 0. The van der Waals surface area contributed by atoms with Gasteiger partial charge in [0, 0.05) is 12.3 Å². The lowest BCUT2D eigenvalue weighted by Crippen LogP contribution is -2.04. The zero-order valence-electron chi connectivity index (χ0n) is 4.68. The Labute approximate surface area is 47.8 Å². The Balaban J connectivity index is 2.68. The molecule has 0 amide bonds. The fraction of sp³-hybridized carbons (Fsp3) is 0.400. The third kappa shape index (κ3) is 0.950. The molecule has 0 bridgehead atoms. The minimum Gasteiger partial charge on any atom is -0.275 e. The molecule has 0 unspecified atom stereocenters. The second kappa shape index (κ2) is 2.28. The zero-order chi connectivity index (χ0) is 5.82. The first-order valence-electron chi connectivity index (χ1n) is 2.53. The van der Waals surface area contributed by atoms with Crippen LogP contribution in [0.2, 0.25) is 0 Å². The van der Waals surface area contributed by atoms with Gasteiger partial charge >= 0.3 is 0 Å². The number of nitrogens with one attached hydrogen (secondary N) is 1. The molecule has 0 atom stereocenters. The van der Waals surface area contributed by atoms with Gasteiger partial charge in [0.25, 0.3) is 0 Å². The molecule has 0 aromatic heterocycles. The number of nitrogens with zero attached hydrogens (tertiary/aromatic N) is 2. The summed E-state index contributed by atoms with van der Waals surface area (Å²) in [7, 11) is 0. The van der Waals surface area contributed by atoms with E-state index in [1.54, 1.807) is 6.20 Å². The molecule has 1 aliphatic rings. The van der Waals surface area contributed by atoms with E-state index >= 15 is 0 Å². The van der Waals surface area contributed by atoms with Crippen LogP contribution in [0.5, 0.6) is 0 Å². The van der Waals surface area contributed by atoms with Crippen LogP contribution in [0.15, 0.2) is 16.3 Å². The second-order valence-electron chi connectivity index (χ2n) is 1.40. The molecule has 0 spiro atoms. The quantitative estimate of drug-likeness (QED) is 0.523. The average molecular weight is 109 g/mol. The Hall–Kier alpha value is -1.08. The van der Waals surface area contributed by atoms with Gasteiger partial charge in [0.15, 0.2) is 5.84 Å². The van der Waals surface area contributed by atoms with E-state index in [0.717, 1.165) is 12.3 Å². The van der Waals surface area contributed by atoms with E-state index in [1.807, 2.05) is 6.92 Å². The molecule has 42 valence electrons. The normalized spacial score (nSPS) is 15.4. The van der Waals surface area contributed by atoms with E-state index in [2.05, 4.69) is 21.4 Å². The third-order valence-electron chi connectivity index (χ3n) is 0.833.